The molecule has 4 aromatic rings. The van der Waals surface area contributed by atoms with Gasteiger partial charge < -0.3 is 15.4 Å². The van der Waals surface area contributed by atoms with E-state index in [1.807, 2.05) is 0 Å². The third-order valence-corrected chi connectivity index (χ3v) is 3.98. The largest absolute Gasteiger partial charge is 0.506 e. The van der Waals surface area contributed by atoms with Crippen molar-refractivity contribution in [3.8, 4) is 17.3 Å². The summed E-state index contributed by atoms with van der Waals surface area (Å²) in [6.45, 7) is 0. The molecule has 1 atom stereocenters. The number of fused-ring (bicyclic) bond motifs is 1. The molecular formula is C17H14N6O4. The van der Waals surface area contributed by atoms with Gasteiger partial charge in [0.25, 0.3) is 11.5 Å². The summed E-state index contributed by atoms with van der Waals surface area (Å²) in [5.41, 5.74) is 6.46. The van der Waals surface area contributed by atoms with Crippen molar-refractivity contribution in [3.05, 3.63) is 58.8 Å². The highest BCUT2D eigenvalue weighted by Crippen LogP contribution is 2.16. The van der Waals surface area contributed by atoms with Crippen LogP contribution in [0.3, 0.4) is 0 Å². The molecule has 3 aromatic heterocycles. The molecule has 136 valence electrons. The highest BCUT2D eigenvalue weighted by molar-refractivity contribution is 5.93. The molecule has 0 saturated heterocycles. The van der Waals surface area contributed by atoms with Gasteiger partial charge in [-0.05, 0) is 24.3 Å². The van der Waals surface area contributed by atoms with E-state index >= 15 is 0 Å². The highest BCUT2D eigenvalue weighted by atomic mass is 16.5. The van der Waals surface area contributed by atoms with Gasteiger partial charge in [-0.25, -0.2) is 9.67 Å². The van der Waals surface area contributed by atoms with Crippen LogP contribution in [0.15, 0.2) is 51.9 Å². The Morgan fingerprint density at radius 3 is 2.89 bits per heavy atom. The predicted molar refractivity (Wildman–Crippen MR) is 94.1 cm³/mol. The van der Waals surface area contributed by atoms with Gasteiger partial charge in [0.15, 0.2) is 0 Å². The van der Waals surface area contributed by atoms with E-state index in [9.17, 15) is 14.7 Å². The Kier molecular flexibility index (Phi) is 4.01. The van der Waals surface area contributed by atoms with Crippen LogP contribution >= 0.6 is 0 Å². The second kappa shape index (κ2) is 6.50. The maximum Gasteiger partial charge on any atom is 0.272 e. The van der Waals surface area contributed by atoms with Gasteiger partial charge in [-0.15, -0.1) is 0 Å². The molecule has 4 rings (SSSR count). The number of hydrogen-bond donors (Lipinski definition) is 3. The Bertz CT molecular complexity index is 1170. The molecule has 4 N–H and O–H groups in total. The van der Waals surface area contributed by atoms with Gasteiger partial charge in [0.05, 0.1) is 29.6 Å². The summed E-state index contributed by atoms with van der Waals surface area (Å²) < 4.78 is 6.25. The van der Waals surface area contributed by atoms with E-state index in [0.29, 0.717) is 16.6 Å². The van der Waals surface area contributed by atoms with E-state index in [2.05, 4.69) is 20.2 Å². The van der Waals surface area contributed by atoms with E-state index < -0.39 is 11.9 Å². The normalized spacial score (nSPS) is 12.3. The average molecular weight is 366 g/mol. The molecule has 0 amide bonds. The number of aromatic hydroxyl groups is 1. The molecule has 0 fully saturated rings. The Balaban J connectivity index is 1.55. The zero-order chi connectivity index (χ0) is 19.0. The van der Waals surface area contributed by atoms with Gasteiger partial charge in [0.1, 0.15) is 11.4 Å². The van der Waals surface area contributed by atoms with Gasteiger partial charge in [-0.3, -0.25) is 14.7 Å². The Hall–Kier alpha value is -3.79. The first-order valence-electron chi connectivity index (χ1n) is 8.00. The fourth-order valence-electron chi connectivity index (χ4n) is 2.66. The van der Waals surface area contributed by atoms with Crippen molar-refractivity contribution in [2.24, 2.45) is 5.73 Å². The summed E-state index contributed by atoms with van der Waals surface area (Å²) in [6.07, 6.45) is 1.24. The van der Waals surface area contributed by atoms with Crippen LogP contribution in [0.25, 0.3) is 22.4 Å². The monoisotopic (exact) mass is 366 g/mol. The molecule has 0 aliphatic carbocycles. The van der Waals surface area contributed by atoms with Gasteiger partial charge in [-0.2, -0.15) is 4.98 Å². The molecule has 0 aliphatic heterocycles. The summed E-state index contributed by atoms with van der Waals surface area (Å²) in [6, 6.07) is 8.69. The fourth-order valence-corrected chi connectivity index (χ4v) is 2.66. The fraction of sp³-hybridized carbons (Fsp3) is 0.118. The van der Waals surface area contributed by atoms with Crippen molar-refractivity contribution >= 4 is 16.8 Å². The molecule has 1 aromatic carbocycles. The molecule has 3 heterocycles. The number of H-pyrrole nitrogens is 1. The first-order chi connectivity index (χ1) is 13.0. The first kappa shape index (κ1) is 16.7. The van der Waals surface area contributed by atoms with Crippen LogP contribution in [-0.2, 0) is 6.42 Å². The van der Waals surface area contributed by atoms with Crippen LogP contribution in [0.5, 0.6) is 5.75 Å². The Morgan fingerprint density at radius 2 is 2.11 bits per heavy atom. The Labute approximate surface area is 151 Å². The van der Waals surface area contributed by atoms with Crippen molar-refractivity contribution in [2.45, 2.75) is 12.5 Å². The zero-order valence-electron chi connectivity index (χ0n) is 13.9. The molecule has 1 unspecified atom stereocenters. The quantitative estimate of drug-likeness (QED) is 0.477. The van der Waals surface area contributed by atoms with E-state index in [1.165, 1.54) is 18.3 Å². The number of para-hydroxylation sites is 1. The van der Waals surface area contributed by atoms with Crippen LogP contribution in [0.4, 0.5) is 0 Å². The van der Waals surface area contributed by atoms with Crippen LogP contribution in [0, 0.1) is 0 Å². The number of nitrogens with zero attached hydrogens (tertiary/aromatic N) is 4. The number of rotatable bonds is 4. The predicted octanol–water partition coefficient (Wildman–Crippen LogP) is 0.690. The van der Waals surface area contributed by atoms with E-state index in [4.69, 9.17) is 10.3 Å². The van der Waals surface area contributed by atoms with Crippen molar-refractivity contribution < 1.29 is 14.4 Å². The lowest BCUT2D eigenvalue weighted by atomic mass is 10.2. The van der Waals surface area contributed by atoms with Gasteiger partial charge in [0.2, 0.25) is 11.7 Å². The molecule has 0 bridgehead atoms. The van der Waals surface area contributed by atoms with Crippen molar-refractivity contribution in [1.82, 2.24) is 24.9 Å². The highest BCUT2D eigenvalue weighted by Gasteiger charge is 2.22. The lowest BCUT2D eigenvalue weighted by molar-refractivity contribution is 0.0863. The summed E-state index contributed by atoms with van der Waals surface area (Å²) >= 11 is 0. The molecule has 10 heteroatoms. The molecule has 0 spiro atoms. The molecule has 0 aliphatic rings. The lowest BCUT2D eigenvalue weighted by Gasteiger charge is -2.09. The SMILES string of the molecule is NC(Cc1nc(-c2ccc(O)cn2)no1)C(=O)n1[nH]c(=O)c2ccccc21. The number of benzene rings is 1. The van der Waals surface area contributed by atoms with Gasteiger partial charge in [0, 0.05) is 0 Å². The zero-order valence-corrected chi connectivity index (χ0v) is 13.9. The molecule has 10 nitrogen and oxygen atoms in total. The van der Waals surface area contributed by atoms with Crippen LogP contribution in [-0.4, -0.2) is 42.0 Å². The topological polar surface area (TPSA) is 153 Å². The third kappa shape index (κ3) is 3.09. The summed E-state index contributed by atoms with van der Waals surface area (Å²) in [5.74, 6) is -0.122. The third-order valence-electron chi connectivity index (χ3n) is 3.98. The summed E-state index contributed by atoms with van der Waals surface area (Å²) in [5, 5.41) is 15.9. The van der Waals surface area contributed by atoms with E-state index in [-0.39, 0.29) is 29.4 Å². The minimum atomic E-state index is -1.00. The number of pyridine rings is 1. The van der Waals surface area contributed by atoms with Crippen molar-refractivity contribution in [2.75, 3.05) is 0 Å². The van der Waals surface area contributed by atoms with Gasteiger partial charge in [-0.1, -0.05) is 17.3 Å². The maximum atomic E-state index is 12.6. The molecule has 27 heavy (non-hydrogen) atoms. The minimum Gasteiger partial charge on any atom is -0.506 e. The van der Waals surface area contributed by atoms with Crippen LogP contribution < -0.4 is 11.3 Å². The second-order valence-electron chi connectivity index (χ2n) is 5.86. The van der Waals surface area contributed by atoms with Gasteiger partial charge >= 0.3 is 0 Å². The van der Waals surface area contributed by atoms with E-state index in [1.54, 1.807) is 24.3 Å². The number of nitrogens with one attached hydrogen (secondary N) is 1. The van der Waals surface area contributed by atoms with E-state index in [0.717, 1.165) is 4.68 Å². The first-order valence-corrected chi connectivity index (χ1v) is 8.00. The number of carbonyl (C=O) groups is 1. The summed E-state index contributed by atoms with van der Waals surface area (Å²) in [4.78, 5) is 32.7. The molecule has 0 radical (unpaired) electrons. The standard InChI is InChI=1S/C17H14N6O4/c18-11(17(26)23-13-4-2-1-3-10(13)16(25)21-23)7-14-20-15(22-27-14)12-6-5-9(24)8-19-12/h1-6,8,11,24H,7,18H2,(H,21,25). The lowest BCUT2D eigenvalue weighted by Crippen LogP contribution is -2.37. The van der Waals surface area contributed by atoms with Crippen LogP contribution in [0.1, 0.15) is 10.7 Å². The number of carbonyl (C=O) groups excluding carboxylic acids is 1. The number of aromatic amines is 1. The maximum absolute atomic E-state index is 12.6. The van der Waals surface area contributed by atoms with Crippen molar-refractivity contribution in [1.29, 1.82) is 0 Å². The van der Waals surface area contributed by atoms with Crippen molar-refractivity contribution in [3.63, 3.8) is 0 Å². The second-order valence-corrected chi connectivity index (χ2v) is 5.86. The summed E-state index contributed by atoms with van der Waals surface area (Å²) in [7, 11) is 0. The average Bonchev–Trinajstić information content (AvgIpc) is 3.27. The number of hydrogen-bond acceptors (Lipinski definition) is 8. The van der Waals surface area contributed by atoms with Crippen LogP contribution in [0.2, 0.25) is 0 Å². The smallest absolute Gasteiger partial charge is 0.272 e. The molecular weight excluding hydrogens is 352 g/mol. The number of nitrogens with two attached hydrogens (primary N) is 1. The Morgan fingerprint density at radius 1 is 1.30 bits per heavy atom. The number of aromatic nitrogens is 5. The minimum absolute atomic E-state index is 0.0154. The molecule has 0 saturated carbocycles.